The lowest BCUT2D eigenvalue weighted by Gasteiger charge is -2.32. The minimum Gasteiger partial charge on any atom is -0.497 e. The normalized spacial score (nSPS) is 16.4. The summed E-state index contributed by atoms with van der Waals surface area (Å²) in [5.74, 6) is -0.320. The molecule has 238 valence electrons. The Labute approximate surface area is 256 Å². The van der Waals surface area contributed by atoms with Gasteiger partial charge in [0, 0.05) is 19.1 Å². The van der Waals surface area contributed by atoms with Gasteiger partial charge in [-0.15, -0.1) is 0 Å². The van der Waals surface area contributed by atoms with Crippen molar-refractivity contribution >= 4 is 21.8 Å². The summed E-state index contributed by atoms with van der Waals surface area (Å²) in [6, 6.07) is 14.3. The summed E-state index contributed by atoms with van der Waals surface area (Å²) in [5.41, 5.74) is 0.873. The molecule has 43 heavy (non-hydrogen) atoms. The van der Waals surface area contributed by atoms with Crippen molar-refractivity contribution in [1.29, 1.82) is 0 Å². The van der Waals surface area contributed by atoms with Gasteiger partial charge in [0.05, 0.1) is 30.7 Å². The highest BCUT2D eigenvalue weighted by Crippen LogP contribution is 2.22. The molecule has 11 heteroatoms. The van der Waals surface area contributed by atoms with Crippen LogP contribution in [-0.2, 0) is 26.0 Å². The van der Waals surface area contributed by atoms with Gasteiger partial charge in [-0.1, -0.05) is 64.4 Å². The lowest BCUT2D eigenvalue weighted by molar-refractivity contribution is -0.131. The van der Waals surface area contributed by atoms with E-state index in [1.807, 2.05) is 58.0 Å². The molecule has 2 unspecified atom stereocenters. The maximum Gasteiger partial charge on any atom is 0.243 e. The van der Waals surface area contributed by atoms with Crippen LogP contribution in [0.1, 0.15) is 52.5 Å². The monoisotopic (exact) mass is 616 g/mol. The van der Waals surface area contributed by atoms with Crippen molar-refractivity contribution in [1.82, 2.24) is 20.3 Å². The fraction of sp³-hybridized carbons (Fsp3) is 0.562. The molecule has 0 aliphatic heterocycles. The number of hydrogen-bond donors (Lipinski definition) is 4. The van der Waals surface area contributed by atoms with E-state index >= 15 is 0 Å². The molecule has 1 aliphatic carbocycles. The number of methoxy groups -OCH3 is 1. The van der Waals surface area contributed by atoms with Crippen molar-refractivity contribution in [2.24, 2.45) is 11.8 Å². The Balaban J connectivity index is 1.84. The van der Waals surface area contributed by atoms with Crippen LogP contribution in [0.15, 0.2) is 59.5 Å². The molecule has 0 heterocycles. The topological polar surface area (TPSA) is 137 Å². The first-order chi connectivity index (χ1) is 20.4. The van der Waals surface area contributed by atoms with Gasteiger partial charge in [0.1, 0.15) is 11.8 Å². The number of nitrogens with zero attached hydrogens (tertiary/aromatic N) is 1. The van der Waals surface area contributed by atoms with E-state index in [-0.39, 0.29) is 48.7 Å². The number of rotatable bonds is 18. The molecule has 2 aromatic rings. The third-order valence-electron chi connectivity index (χ3n) is 7.69. The number of carbonyl (C=O) groups is 2. The van der Waals surface area contributed by atoms with Crippen molar-refractivity contribution in [3.63, 3.8) is 0 Å². The van der Waals surface area contributed by atoms with Crippen molar-refractivity contribution in [3.05, 3.63) is 60.2 Å². The molecule has 0 spiro atoms. The molecule has 1 fully saturated rings. The molecule has 2 aromatic carbocycles. The first-order valence-corrected chi connectivity index (χ1v) is 16.6. The number of carbonyl (C=O) groups excluding carboxylic acids is 2. The average Bonchev–Trinajstić information content (AvgIpc) is 3.82. The van der Waals surface area contributed by atoms with Crippen LogP contribution in [0.3, 0.4) is 0 Å². The summed E-state index contributed by atoms with van der Waals surface area (Å²) in [6.45, 7) is 7.74. The van der Waals surface area contributed by atoms with E-state index in [2.05, 4.69) is 16.0 Å². The van der Waals surface area contributed by atoms with Gasteiger partial charge in [-0.05, 0) is 60.9 Å². The van der Waals surface area contributed by atoms with E-state index < -0.39 is 34.1 Å². The zero-order valence-corrected chi connectivity index (χ0v) is 26.8. The second-order valence-electron chi connectivity index (χ2n) is 11.8. The molecule has 0 aromatic heterocycles. The Morgan fingerprint density at radius 1 is 1.00 bits per heavy atom. The fourth-order valence-corrected chi connectivity index (χ4v) is 6.41. The van der Waals surface area contributed by atoms with Gasteiger partial charge in [0.2, 0.25) is 21.8 Å². The van der Waals surface area contributed by atoms with Gasteiger partial charge >= 0.3 is 0 Å². The highest BCUT2D eigenvalue weighted by atomic mass is 32.2. The number of sulfonamides is 1. The maximum atomic E-state index is 13.7. The van der Waals surface area contributed by atoms with Crippen molar-refractivity contribution in [2.45, 2.75) is 82.5 Å². The molecule has 1 aliphatic rings. The zero-order chi connectivity index (χ0) is 31.6. The molecule has 1 saturated carbocycles. The highest BCUT2D eigenvalue weighted by Gasteiger charge is 2.34. The van der Waals surface area contributed by atoms with Crippen LogP contribution in [-0.4, -0.2) is 80.6 Å². The molecule has 4 N–H and O–H groups in total. The van der Waals surface area contributed by atoms with Crippen LogP contribution in [0.4, 0.5) is 0 Å². The molecule has 10 nitrogen and oxygen atoms in total. The summed E-state index contributed by atoms with van der Waals surface area (Å²) in [7, 11) is -2.46. The molecule has 4 atom stereocenters. The third-order valence-corrected chi connectivity index (χ3v) is 9.53. The molecular formula is C32H48N4O6S. The lowest BCUT2D eigenvalue weighted by Crippen LogP contribution is -2.57. The van der Waals surface area contributed by atoms with Gasteiger partial charge in [-0.2, -0.15) is 4.31 Å². The predicted molar refractivity (Wildman–Crippen MR) is 167 cm³/mol. The molecular weight excluding hydrogens is 568 g/mol. The van der Waals surface area contributed by atoms with Crippen molar-refractivity contribution in [3.8, 4) is 5.75 Å². The van der Waals surface area contributed by atoms with Crippen LogP contribution >= 0.6 is 0 Å². The number of aliphatic hydroxyl groups is 1. The minimum atomic E-state index is -3.97. The zero-order valence-electron chi connectivity index (χ0n) is 26.0. The van der Waals surface area contributed by atoms with E-state index in [1.54, 1.807) is 12.1 Å². The number of benzene rings is 2. The highest BCUT2D eigenvalue weighted by molar-refractivity contribution is 7.89. The van der Waals surface area contributed by atoms with Gasteiger partial charge in [-0.25, -0.2) is 8.42 Å². The van der Waals surface area contributed by atoms with E-state index in [9.17, 15) is 23.1 Å². The summed E-state index contributed by atoms with van der Waals surface area (Å²) < 4.78 is 33.9. The second-order valence-corrected chi connectivity index (χ2v) is 13.8. The SMILES string of the molecule is CCC(C)[C@H](NC(=O)CNC1CC1)C(=O)N[C@@H](Cc1ccccc1)C(O)CN(CC(C)C)S(=O)(=O)c1ccc(OC)cc1. The van der Waals surface area contributed by atoms with Gasteiger partial charge in [-0.3, -0.25) is 9.59 Å². The first-order valence-electron chi connectivity index (χ1n) is 15.1. The van der Waals surface area contributed by atoms with Gasteiger partial charge in [0.15, 0.2) is 0 Å². The standard InChI is InChI=1S/C32H48N4O6S/c1-6-23(4)31(35-30(38)19-33-25-12-13-25)32(39)34-28(18-24-10-8-7-9-11-24)29(37)21-36(20-22(2)3)43(40,41)27-16-14-26(42-5)15-17-27/h7-11,14-17,22-23,25,28-29,31,33,37H,6,12-13,18-21H2,1-5H3,(H,34,39)(H,35,38)/t23?,28-,29?,31-/m0/s1. The van der Waals surface area contributed by atoms with E-state index in [0.29, 0.717) is 18.2 Å². The fourth-order valence-electron chi connectivity index (χ4n) is 4.79. The molecule has 2 amide bonds. The smallest absolute Gasteiger partial charge is 0.243 e. The van der Waals surface area contributed by atoms with E-state index in [1.165, 1.54) is 23.5 Å². The minimum absolute atomic E-state index is 0.0170. The number of hydrogen-bond acceptors (Lipinski definition) is 7. The van der Waals surface area contributed by atoms with Crippen molar-refractivity contribution in [2.75, 3.05) is 26.7 Å². The Morgan fingerprint density at radius 3 is 2.21 bits per heavy atom. The Hall–Kier alpha value is -2.99. The van der Waals surface area contributed by atoms with Crippen LogP contribution in [0.25, 0.3) is 0 Å². The Bertz CT molecular complexity index is 1270. The molecule has 0 radical (unpaired) electrons. The number of nitrogens with one attached hydrogen (secondary N) is 3. The summed E-state index contributed by atoms with van der Waals surface area (Å²) >= 11 is 0. The first kappa shape index (κ1) is 34.5. The molecule has 0 saturated heterocycles. The van der Waals surface area contributed by atoms with Crippen LogP contribution < -0.4 is 20.7 Å². The quantitative estimate of drug-likeness (QED) is 0.202. The summed E-state index contributed by atoms with van der Waals surface area (Å²) in [5, 5.41) is 20.6. The summed E-state index contributed by atoms with van der Waals surface area (Å²) in [4.78, 5) is 26.4. The van der Waals surface area contributed by atoms with E-state index in [0.717, 1.165) is 18.4 Å². The summed E-state index contributed by atoms with van der Waals surface area (Å²) in [6.07, 6.45) is 1.78. The Morgan fingerprint density at radius 2 is 1.65 bits per heavy atom. The average molecular weight is 617 g/mol. The van der Waals surface area contributed by atoms with Gasteiger partial charge < -0.3 is 25.8 Å². The van der Waals surface area contributed by atoms with Crippen molar-refractivity contribution < 1.29 is 27.9 Å². The third kappa shape index (κ3) is 10.6. The van der Waals surface area contributed by atoms with Crippen LogP contribution in [0.2, 0.25) is 0 Å². The number of amides is 2. The lowest BCUT2D eigenvalue weighted by atomic mass is 9.96. The Kier molecular flexibility index (Phi) is 13.0. The predicted octanol–water partition coefficient (Wildman–Crippen LogP) is 2.71. The second kappa shape index (κ2) is 16.2. The van der Waals surface area contributed by atoms with Gasteiger partial charge in [0.25, 0.3) is 0 Å². The number of aliphatic hydroxyl groups excluding tert-OH is 1. The maximum absolute atomic E-state index is 13.7. The molecule has 0 bridgehead atoms. The largest absolute Gasteiger partial charge is 0.497 e. The van der Waals surface area contributed by atoms with Crippen LogP contribution in [0, 0.1) is 11.8 Å². The van der Waals surface area contributed by atoms with Crippen LogP contribution in [0.5, 0.6) is 5.75 Å². The van der Waals surface area contributed by atoms with E-state index in [4.69, 9.17) is 4.74 Å². The number of ether oxygens (including phenoxy) is 1. The molecule has 3 rings (SSSR count).